The second kappa shape index (κ2) is 8.04. The molecule has 136 valence electrons. The highest BCUT2D eigenvalue weighted by atomic mass is 16.2. The molecule has 2 amide bonds. The van der Waals surface area contributed by atoms with Crippen LogP contribution in [0, 0.1) is 6.92 Å². The third-order valence-corrected chi connectivity index (χ3v) is 4.77. The zero-order chi connectivity index (χ0) is 18.5. The Bertz CT molecular complexity index is 817. The molecule has 1 heterocycles. The lowest BCUT2D eigenvalue weighted by molar-refractivity contribution is -0.117. The molecule has 0 spiro atoms. The van der Waals surface area contributed by atoms with E-state index in [0.29, 0.717) is 6.42 Å². The molecule has 2 aromatic rings. The number of hydrogen-bond acceptors (Lipinski definition) is 3. The first-order chi connectivity index (χ1) is 12.6. The van der Waals surface area contributed by atoms with E-state index in [-0.39, 0.29) is 18.4 Å². The lowest BCUT2D eigenvalue weighted by Crippen LogP contribution is -2.39. The molecule has 0 radical (unpaired) electrons. The van der Waals surface area contributed by atoms with Crippen LogP contribution in [0.1, 0.15) is 30.9 Å². The number of benzene rings is 2. The highest BCUT2D eigenvalue weighted by Gasteiger charge is 2.21. The van der Waals surface area contributed by atoms with E-state index in [1.54, 1.807) is 0 Å². The Balaban J connectivity index is 1.69. The summed E-state index contributed by atoms with van der Waals surface area (Å²) < 4.78 is 0. The first-order valence-electron chi connectivity index (χ1n) is 9.11. The highest BCUT2D eigenvalue weighted by Crippen LogP contribution is 2.27. The SMILES string of the molecule is CCC(=O)Nc1cccc(NCC(=O)N2CCCc3ccccc32)c1C. The molecular formula is C21H25N3O2. The summed E-state index contributed by atoms with van der Waals surface area (Å²) in [5, 5.41) is 6.12. The zero-order valence-electron chi connectivity index (χ0n) is 15.3. The molecule has 0 aliphatic carbocycles. The molecule has 2 N–H and O–H groups in total. The van der Waals surface area contributed by atoms with Crippen LogP contribution >= 0.6 is 0 Å². The van der Waals surface area contributed by atoms with E-state index in [0.717, 1.165) is 42.0 Å². The van der Waals surface area contributed by atoms with Crippen LogP contribution < -0.4 is 15.5 Å². The van der Waals surface area contributed by atoms with Crippen LogP contribution in [-0.4, -0.2) is 24.9 Å². The largest absolute Gasteiger partial charge is 0.376 e. The highest BCUT2D eigenvalue weighted by molar-refractivity contribution is 5.97. The summed E-state index contributed by atoms with van der Waals surface area (Å²) in [4.78, 5) is 26.3. The average molecular weight is 351 g/mol. The lowest BCUT2D eigenvalue weighted by Gasteiger charge is -2.29. The fourth-order valence-corrected chi connectivity index (χ4v) is 3.26. The minimum Gasteiger partial charge on any atom is -0.376 e. The molecule has 0 bridgehead atoms. The molecule has 2 aromatic carbocycles. The van der Waals surface area contributed by atoms with E-state index >= 15 is 0 Å². The molecule has 26 heavy (non-hydrogen) atoms. The van der Waals surface area contributed by atoms with Gasteiger partial charge in [0.1, 0.15) is 0 Å². The minimum atomic E-state index is -0.0220. The predicted molar refractivity (Wildman–Crippen MR) is 106 cm³/mol. The van der Waals surface area contributed by atoms with Crippen molar-refractivity contribution in [3.8, 4) is 0 Å². The van der Waals surface area contributed by atoms with Gasteiger partial charge in [-0.2, -0.15) is 0 Å². The van der Waals surface area contributed by atoms with E-state index in [4.69, 9.17) is 0 Å². The number of carbonyl (C=O) groups is 2. The molecule has 0 aromatic heterocycles. The molecule has 1 aliphatic rings. The summed E-state index contributed by atoms with van der Waals surface area (Å²) in [6.45, 7) is 4.74. The smallest absolute Gasteiger partial charge is 0.246 e. The molecule has 5 nitrogen and oxygen atoms in total. The second-order valence-electron chi connectivity index (χ2n) is 6.51. The summed E-state index contributed by atoms with van der Waals surface area (Å²) in [5.74, 6) is 0.0331. The summed E-state index contributed by atoms with van der Waals surface area (Å²) >= 11 is 0. The van der Waals surface area contributed by atoms with Crippen molar-refractivity contribution in [1.29, 1.82) is 0 Å². The van der Waals surface area contributed by atoms with Crippen LogP contribution in [0.4, 0.5) is 17.1 Å². The van der Waals surface area contributed by atoms with Gasteiger partial charge in [-0.25, -0.2) is 0 Å². The van der Waals surface area contributed by atoms with Gasteiger partial charge < -0.3 is 15.5 Å². The molecule has 0 atom stereocenters. The van der Waals surface area contributed by atoms with Gasteiger partial charge in [0.05, 0.1) is 6.54 Å². The van der Waals surface area contributed by atoms with Gasteiger partial charge in [0.25, 0.3) is 0 Å². The Hall–Kier alpha value is -2.82. The van der Waals surface area contributed by atoms with E-state index in [9.17, 15) is 9.59 Å². The van der Waals surface area contributed by atoms with Gasteiger partial charge in [0.2, 0.25) is 11.8 Å². The summed E-state index contributed by atoms with van der Waals surface area (Å²) in [7, 11) is 0. The molecule has 5 heteroatoms. The Labute approximate surface area is 154 Å². The van der Waals surface area contributed by atoms with Crippen LogP contribution in [0.3, 0.4) is 0 Å². The van der Waals surface area contributed by atoms with Crippen molar-refractivity contribution < 1.29 is 9.59 Å². The quantitative estimate of drug-likeness (QED) is 0.863. The van der Waals surface area contributed by atoms with E-state index < -0.39 is 0 Å². The number of aryl methyl sites for hydroxylation is 1. The monoisotopic (exact) mass is 351 g/mol. The van der Waals surface area contributed by atoms with Gasteiger partial charge in [-0.3, -0.25) is 9.59 Å². The third kappa shape index (κ3) is 3.87. The summed E-state index contributed by atoms with van der Waals surface area (Å²) in [6, 6.07) is 13.8. The first kappa shape index (κ1) is 18.0. The third-order valence-electron chi connectivity index (χ3n) is 4.77. The van der Waals surface area contributed by atoms with Crippen LogP contribution in [-0.2, 0) is 16.0 Å². The van der Waals surface area contributed by atoms with Gasteiger partial charge in [-0.05, 0) is 49.1 Å². The number of carbonyl (C=O) groups excluding carboxylic acids is 2. The Kier molecular flexibility index (Phi) is 5.56. The van der Waals surface area contributed by atoms with Gasteiger partial charge in [0.15, 0.2) is 0 Å². The fourth-order valence-electron chi connectivity index (χ4n) is 3.26. The van der Waals surface area contributed by atoms with E-state index in [1.807, 2.05) is 55.1 Å². The standard InChI is InChI=1S/C21H25N3O2/c1-3-20(25)23-18-11-6-10-17(15(18)2)22-14-21(26)24-13-7-9-16-8-4-5-12-19(16)24/h4-6,8,10-12,22H,3,7,9,13-14H2,1-2H3,(H,23,25). The summed E-state index contributed by atoms with van der Waals surface area (Å²) in [6.07, 6.45) is 2.44. The van der Waals surface area contributed by atoms with E-state index in [1.165, 1.54) is 5.56 Å². The van der Waals surface area contributed by atoms with Crippen LogP contribution in [0.25, 0.3) is 0 Å². The summed E-state index contributed by atoms with van der Waals surface area (Å²) in [5.41, 5.74) is 4.81. The Morgan fingerprint density at radius 3 is 2.65 bits per heavy atom. The van der Waals surface area contributed by atoms with Gasteiger partial charge in [-0.15, -0.1) is 0 Å². The van der Waals surface area contributed by atoms with Crippen molar-refractivity contribution in [3.05, 3.63) is 53.6 Å². The Morgan fingerprint density at radius 2 is 1.85 bits per heavy atom. The maximum Gasteiger partial charge on any atom is 0.246 e. The Morgan fingerprint density at radius 1 is 1.08 bits per heavy atom. The van der Waals surface area contributed by atoms with Gasteiger partial charge >= 0.3 is 0 Å². The van der Waals surface area contributed by atoms with Crippen LogP contribution in [0.2, 0.25) is 0 Å². The average Bonchev–Trinajstić information content (AvgIpc) is 2.67. The number of fused-ring (bicyclic) bond motifs is 1. The normalized spacial score (nSPS) is 13.1. The minimum absolute atomic E-state index is 0.0220. The number of nitrogens with one attached hydrogen (secondary N) is 2. The number of rotatable bonds is 5. The number of hydrogen-bond donors (Lipinski definition) is 2. The number of nitrogens with zero attached hydrogens (tertiary/aromatic N) is 1. The van der Waals surface area contributed by atoms with Crippen molar-refractivity contribution >= 4 is 28.9 Å². The molecule has 0 fully saturated rings. The fraction of sp³-hybridized carbons (Fsp3) is 0.333. The van der Waals surface area contributed by atoms with Crippen molar-refractivity contribution in [2.75, 3.05) is 28.6 Å². The molecule has 1 aliphatic heterocycles. The number of para-hydroxylation sites is 1. The molecule has 0 unspecified atom stereocenters. The number of amides is 2. The van der Waals surface area contributed by atoms with Crippen molar-refractivity contribution in [2.24, 2.45) is 0 Å². The maximum absolute atomic E-state index is 12.7. The van der Waals surface area contributed by atoms with Crippen LogP contribution in [0.5, 0.6) is 0 Å². The predicted octanol–water partition coefficient (Wildman–Crippen LogP) is 3.73. The van der Waals surface area contributed by atoms with Gasteiger partial charge in [-0.1, -0.05) is 31.2 Å². The maximum atomic E-state index is 12.7. The number of anilines is 3. The zero-order valence-corrected chi connectivity index (χ0v) is 15.3. The molecule has 3 rings (SSSR count). The van der Waals surface area contributed by atoms with Crippen LogP contribution in [0.15, 0.2) is 42.5 Å². The van der Waals surface area contributed by atoms with Gasteiger partial charge in [0, 0.05) is 30.0 Å². The topological polar surface area (TPSA) is 61.4 Å². The van der Waals surface area contributed by atoms with Crippen molar-refractivity contribution in [1.82, 2.24) is 0 Å². The van der Waals surface area contributed by atoms with Crippen molar-refractivity contribution in [3.63, 3.8) is 0 Å². The molecular weight excluding hydrogens is 326 g/mol. The molecule has 0 saturated carbocycles. The first-order valence-corrected chi connectivity index (χ1v) is 9.11. The second-order valence-corrected chi connectivity index (χ2v) is 6.51. The van der Waals surface area contributed by atoms with Crippen molar-refractivity contribution in [2.45, 2.75) is 33.1 Å². The van der Waals surface area contributed by atoms with E-state index in [2.05, 4.69) is 16.7 Å². The molecule has 0 saturated heterocycles. The lowest BCUT2D eigenvalue weighted by atomic mass is 10.0.